The number of aryl methyl sites for hydroxylation is 2. The third kappa shape index (κ3) is 7.85. The van der Waals surface area contributed by atoms with Crippen molar-refractivity contribution < 1.29 is 18.0 Å². The van der Waals surface area contributed by atoms with Gasteiger partial charge in [0.05, 0.1) is 11.9 Å². The van der Waals surface area contributed by atoms with Gasteiger partial charge in [-0.1, -0.05) is 53.9 Å². The number of sulfonamides is 1. The van der Waals surface area contributed by atoms with Crippen LogP contribution < -0.4 is 9.62 Å². The van der Waals surface area contributed by atoms with Crippen LogP contribution >= 0.6 is 23.2 Å². The summed E-state index contributed by atoms with van der Waals surface area (Å²) >= 11 is 12.8. The van der Waals surface area contributed by atoms with Crippen LogP contribution in [-0.4, -0.2) is 49.5 Å². The zero-order chi connectivity index (χ0) is 27.4. The molecule has 0 saturated carbocycles. The zero-order valence-electron chi connectivity index (χ0n) is 21.9. The molecular formula is C26H35Cl2N3O4S. The van der Waals surface area contributed by atoms with Gasteiger partial charge in [0, 0.05) is 27.7 Å². The Balaban J connectivity index is 2.56. The number of hydrogen-bond donors (Lipinski definition) is 1. The Morgan fingerprint density at radius 1 is 1.06 bits per heavy atom. The summed E-state index contributed by atoms with van der Waals surface area (Å²) in [5.74, 6) is -0.897. The van der Waals surface area contributed by atoms with Crippen LogP contribution in [-0.2, 0) is 26.2 Å². The summed E-state index contributed by atoms with van der Waals surface area (Å²) in [5.41, 5.74) is 2.04. The van der Waals surface area contributed by atoms with E-state index in [1.165, 1.54) is 4.90 Å². The van der Waals surface area contributed by atoms with E-state index in [4.69, 9.17) is 23.2 Å². The Hall–Kier alpha value is -2.29. The first kappa shape index (κ1) is 29.9. The Labute approximate surface area is 224 Å². The van der Waals surface area contributed by atoms with Crippen LogP contribution in [0, 0.1) is 13.8 Å². The molecule has 0 aromatic heterocycles. The molecule has 0 bridgehead atoms. The number of carbonyl (C=O) groups excluding carboxylic acids is 2. The Morgan fingerprint density at radius 3 is 2.11 bits per heavy atom. The molecule has 0 saturated heterocycles. The average Bonchev–Trinajstić information content (AvgIpc) is 2.72. The number of hydrogen-bond acceptors (Lipinski definition) is 4. The summed E-state index contributed by atoms with van der Waals surface area (Å²) < 4.78 is 26.6. The molecule has 36 heavy (non-hydrogen) atoms. The molecule has 0 radical (unpaired) electrons. The van der Waals surface area contributed by atoms with Crippen molar-refractivity contribution in [3.05, 3.63) is 63.1 Å². The maximum atomic E-state index is 13.8. The lowest BCUT2D eigenvalue weighted by molar-refractivity contribution is -0.141. The molecular weight excluding hydrogens is 521 g/mol. The van der Waals surface area contributed by atoms with Crippen LogP contribution in [0.1, 0.15) is 50.8 Å². The van der Waals surface area contributed by atoms with Crippen LogP contribution in [0.2, 0.25) is 10.0 Å². The van der Waals surface area contributed by atoms with Gasteiger partial charge in [0.1, 0.15) is 12.6 Å². The number of carbonyl (C=O) groups is 2. The van der Waals surface area contributed by atoms with Crippen molar-refractivity contribution in [2.24, 2.45) is 0 Å². The molecule has 0 spiro atoms. The van der Waals surface area contributed by atoms with Gasteiger partial charge < -0.3 is 10.2 Å². The smallest absolute Gasteiger partial charge is 0.244 e. The topological polar surface area (TPSA) is 86.8 Å². The predicted octanol–water partition coefficient (Wildman–Crippen LogP) is 5.10. The normalized spacial score (nSPS) is 12.7. The molecule has 2 aromatic rings. The first-order valence-electron chi connectivity index (χ1n) is 11.6. The highest BCUT2D eigenvalue weighted by atomic mass is 35.5. The minimum Gasteiger partial charge on any atom is -0.350 e. The quantitative estimate of drug-likeness (QED) is 0.466. The molecule has 2 amide bonds. The van der Waals surface area contributed by atoms with Gasteiger partial charge in [-0.05, 0) is 64.8 Å². The van der Waals surface area contributed by atoms with Crippen molar-refractivity contribution in [3.63, 3.8) is 0 Å². The number of amides is 2. The lowest BCUT2D eigenvalue weighted by Gasteiger charge is -2.35. The molecule has 2 rings (SSSR count). The lowest BCUT2D eigenvalue weighted by atomic mass is 10.1. The van der Waals surface area contributed by atoms with Crippen LogP contribution in [0.4, 0.5) is 5.69 Å². The minimum atomic E-state index is -3.82. The fourth-order valence-corrected chi connectivity index (χ4v) is 5.33. The largest absolute Gasteiger partial charge is 0.350 e. The maximum absolute atomic E-state index is 13.8. The van der Waals surface area contributed by atoms with Crippen LogP contribution in [0.3, 0.4) is 0 Å². The van der Waals surface area contributed by atoms with Gasteiger partial charge in [0.2, 0.25) is 21.8 Å². The van der Waals surface area contributed by atoms with E-state index in [0.717, 1.165) is 16.1 Å². The second-order valence-corrected chi connectivity index (χ2v) is 12.7. The van der Waals surface area contributed by atoms with Gasteiger partial charge in [0.25, 0.3) is 0 Å². The highest BCUT2D eigenvalue weighted by molar-refractivity contribution is 7.92. The Kier molecular flexibility index (Phi) is 9.84. The third-order valence-corrected chi connectivity index (χ3v) is 7.41. The number of benzene rings is 2. The van der Waals surface area contributed by atoms with Gasteiger partial charge in [-0.3, -0.25) is 13.9 Å². The fraction of sp³-hybridized carbons (Fsp3) is 0.462. The van der Waals surface area contributed by atoms with Crippen molar-refractivity contribution in [2.45, 2.75) is 66.1 Å². The van der Waals surface area contributed by atoms with Gasteiger partial charge in [-0.2, -0.15) is 0 Å². The molecule has 0 heterocycles. The number of nitrogens with zero attached hydrogens (tertiary/aromatic N) is 2. The molecule has 1 N–H and O–H groups in total. The van der Waals surface area contributed by atoms with Crippen LogP contribution in [0.5, 0.6) is 0 Å². The van der Waals surface area contributed by atoms with Gasteiger partial charge >= 0.3 is 0 Å². The van der Waals surface area contributed by atoms with Gasteiger partial charge in [0.15, 0.2) is 0 Å². The van der Waals surface area contributed by atoms with E-state index >= 15 is 0 Å². The number of anilines is 1. The molecule has 0 fully saturated rings. The summed E-state index contributed by atoms with van der Waals surface area (Å²) in [5, 5.41) is 3.62. The third-order valence-electron chi connectivity index (χ3n) is 5.57. The predicted molar refractivity (Wildman–Crippen MR) is 147 cm³/mol. The highest BCUT2D eigenvalue weighted by Gasteiger charge is 2.34. The number of rotatable bonds is 9. The standard InChI is InChI=1S/C26H35Cl2N3O4S/c1-8-22(25(33)29-26(4,5)6)30(15-19-20(27)10-9-11-21(19)28)24(32)16-31(36(7,34)35)23-13-12-17(2)14-18(23)3/h9-14,22H,8,15-16H2,1-7H3,(H,29,33)/t22-/m0/s1. The van der Waals surface area contributed by atoms with E-state index in [-0.39, 0.29) is 12.5 Å². The molecule has 10 heteroatoms. The lowest BCUT2D eigenvalue weighted by Crippen LogP contribution is -2.55. The fourth-order valence-electron chi connectivity index (χ4n) is 3.91. The molecule has 1 atom stereocenters. The van der Waals surface area contributed by atoms with Gasteiger partial charge in [-0.15, -0.1) is 0 Å². The summed E-state index contributed by atoms with van der Waals surface area (Å²) in [6.45, 7) is 10.5. The number of halogens is 2. The van der Waals surface area contributed by atoms with Crippen LogP contribution in [0.25, 0.3) is 0 Å². The summed E-state index contributed by atoms with van der Waals surface area (Å²) in [4.78, 5) is 28.4. The van der Waals surface area contributed by atoms with E-state index < -0.39 is 34.1 Å². The van der Waals surface area contributed by atoms with Crippen LogP contribution in [0.15, 0.2) is 36.4 Å². The molecule has 2 aromatic carbocycles. The van der Waals surface area contributed by atoms with Crippen molar-refractivity contribution in [3.8, 4) is 0 Å². The average molecular weight is 557 g/mol. The second-order valence-electron chi connectivity index (χ2n) is 9.94. The van der Waals surface area contributed by atoms with Crippen molar-refractivity contribution in [1.82, 2.24) is 10.2 Å². The first-order valence-corrected chi connectivity index (χ1v) is 14.2. The van der Waals surface area contributed by atoms with E-state index in [1.807, 2.05) is 33.8 Å². The molecule has 0 aliphatic heterocycles. The van der Waals surface area contributed by atoms with E-state index in [0.29, 0.717) is 33.3 Å². The van der Waals surface area contributed by atoms with Crippen molar-refractivity contribution >= 4 is 50.7 Å². The van der Waals surface area contributed by atoms with Crippen molar-refractivity contribution in [1.29, 1.82) is 0 Å². The first-order chi connectivity index (χ1) is 16.5. The number of nitrogens with one attached hydrogen (secondary N) is 1. The molecule has 198 valence electrons. The SMILES string of the molecule is CC[C@@H](C(=O)NC(C)(C)C)N(Cc1c(Cl)cccc1Cl)C(=O)CN(c1ccc(C)cc1C)S(C)(=O)=O. The van der Waals surface area contributed by atoms with E-state index in [2.05, 4.69) is 5.32 Å². The zero-order valence-corrected chi connectivity index (χ0v) is 24.2. The molecule has 0 unspecified atom stereocenters. The minimum absolute atomic E-state index is 0.0576. The molecule has 0 aliphatic carbocycles. The maximum Gasteiger partial charge on any atom is 0.244 e. The summed E-state index contributed by atoms with van der Waals surface area (Å²) in [7, 11) is -3.82. The van der Waals surface area contributed by atoms with E-state index in [1.54, 1.807) is 44.2 Å². The Bertz CT molecular complexity index is 1210. The molecule has 0 aliphatic rings. The Morgan fingerprint density at radius 2 is 1.64 bits per heavy atom. The van der Waals surface area contributed by atoms with Gasteiger partial charge in [-0.25, -0.2) is 8.42 Å². The second kappa shape index (κ2) is 11.8. The van der Waals surface area contributed by atoms with Crippen molar-refractivity contribution in [2.75, 3.05) is 17.1 Å². The summed E-state index contributed by atoms with van der Waals surface area (Å²) in [6, 6.07) is 9.45. The monoisotopic (exact) mass is 555 g/mol. The highest BCUT2D eigenvalue weighted by Crippen LogP contribution is 2.28. The molecule has 7 nitrogen and oxygen atoms in total. The van der Waals surface area contributed by atoms with E-state index in [9.17, 15) is 18.0 Å². The summed E-state index contributed by atoms with van der Waals surface area (Å²) in [6.07, 6.45) is 1.36.